The zero-order chi connectivity index (χ0) is 14.9. The summed E-state index contributed by atoms with van der Waals surface area (Å²) in [7, 11) is 0. The molecular weight excluding hydrogens is 272 g/mol. The fraction of sp³-hybridized carbons (Fsp3) is 0.0526. The Balaban J connectivity index is 1.78. The molecule has 0 spiro atoms. The second kappa shape index (κ2) is 5.01. The summed E-state index contributed by atoms with van der Waals surface area (Å²) in [6, 6.07) is 17.7. The van der Waals surface area contributed by atoms with Gasteiger partial charge in [-0.3, -0.25) is 4.79 Å². The Hall–Kier alpha value is -3.12. The lowest BCUT2D eigenvalue weighted by Crippen LogP contribution is -2.11. The van der Waals surface area contributed by atoms with E-state index in [0.29, 0.717) is 12.1 Å². The molecule has 1 aliphatic heterocycles. The van der Waals surface area contributed by atoms with E-state index in [0.717, 1.165) is 22.0 Å². The molecule has 0 radical (unpaired) electrons. The molecule has 0 atom stereocenters. The highest BCUT2D eigenvalue weighted by Gasteiger charge is 2.17. The number of rotatable bonds is 0. The van der Waals surface area contributed by atoms with Crippen molar-refractivity contribution in [3.05, 3.63) is 71.4 Å². The number of ketones is 1. The van der Waals surface area contributed by atoms with E-state index in [1.807, 2.05) is 54.6 Å². The van der Waals surface area contributed by atoms with Crippen molar-refractivity contribution in [2.75, 3.05) is 0 Å². The fourth-order valence-electron chi connectivity index (χ4n) is 2.58. The Labute approximate surface area is 127 Å². The maximum absolute atomic E-state index is 11.9. The van der Waals surface area contributed by atoms with E-state index in [9.17, 15) is 4.79 Å². The smallest absolute Gasteiger partial charge is 0.186 e. The standard InChI is InChI=1S/C19H12N2O/c22-19-10-11-20-21-17-9-8-15(12-16(17)13-18(19)21)7-6-14-4-2-1-3-5-14/h1-5,8-9,11-13H,10H2. The van der Waals surface area contributed by atoms with Crippen LogP contribution in [0.25, 0.3) is 10.9 Å². The van der Waals surface area contributed by atoms with Gasteiger partial charge in [-0.25, -0.2) is 4.68 Å². The number of benzene rings is 2. The lowest BCUT2D eigenvalue weighted by molar-refractivity contribution is 0.0990. The highest BCUT2D eigenvalue weighted by Crippen LogP contribution is 2.23. The van der Waals surface area contributed by atoms with Gasteiger partial charge in [0.15, 0.2) is 5.78 Å². The third kappa shape index (κ3) is 2.11. The molecule has 0 unspecified atom stereocenters. The van der Waals surface area contributed by atoms with Crippen molar-refractivity contribution in [3.63, 3.8) is 0 Å². The number of hydrogen-bond donors (Lipinski definition) is 0. The summed E-state index contributed by atoms with van der Waals surface area (Å²) in [5.74, 6) is 6.40. The van der Waals surface area contributed by atoms with E-state index in [1.165, 1.54) is 0 Å². The normalized spacial score (nSPS) is 12.8. The van der Waals surface area contributed by atoms with Crippen molar-refractivity contribution in [2.24, 2.45) is 5.10 Å². The van der Waals surface area contributed by atoms with Crippen LogP contribution in [-0.2, 0) is 0 Å². The van der Waals surface area contributed by atoms with Gasteiger partial charge in [0.1, 0.15) is 5.69 Å². The highest BCUT2D eigenvalue weighted by atomic mass is 16.1. The summed E-state index contributed by atoms with van der Waals surface area (Å²) in [4.78, 5) is 11.9. The quantitative estimate of drug-likeness (QED) is 0.582. The Kier molecular flexibility index (Phi) is 2.87. The van der Waals surface area contributed by atoms with Gasteiger partial charge in [0.05, 0.1) is 5.52 Å². The third-order valence-corrected chi connectivity index (χ3v) is 3.66. The van der Waals surface area contributed by atoms with Crippen LogP contribution in [0.5, 0.6) is 0 Å². The molecule has 2 heterocycles. The molecule has 1 aromatic heterocycles. The minimum Gasteiger partial charge on any atom is -0.292 e. The number of Topliss-reactive ketones (excluding diaryl/α,β-unsaturated/α-hetero) is 1. The number of hydrogen-bond acceptors (Lipinski definition) is 2. The van der Waals surface area contributed by atoms with Crippen LogP contribution in [0.2, 0.25) is 0 Å². The van der Waals surface area contributed by atoms with E-state index in [1.54, 1.807) is 10.9 Å². The van der Waals surface area contributed by atoms with Crippen molar-refractivity contribution in [3.8, 4) is 11.8 Å². The topological polar surface area (TPSA) is 34.4 Å². The average Bonchev–Trinajstić information content (AvgIpc) is 2.93. The Bertz CT molecular complexity index is 969. The monoisotopic (exact) mass is 284 g/mol. The van der Waals surface area contributed by atoms with Crippen molar-refractivity contribution in [1.29, 1.82) is 0 Å². The SMILES string of the molecule is O=C1CC=Nn2c1cc1cc(C#Cc3ccccc3)ccc12. The summed E-state index contributed by atoms with van der Waals surface area (Å²) in [6.07, 6.45) is 2.02. The van der Waals surface area contributed by atoms with Gasteiger partial charge in [0.25, 0.3) is 0 Å². The van der Waals surface area contributed by atoms with Crippen LogP contribution < -0.4 is 0 Å². The van der Waals surface area contributed by atoms with Gasteiger partial charge >= 0.3 is 0 Å². The summed E-state index contributed by atoms with van der Waals surface area (Å²) < 4.78 is 1.70. The predicted octanol–water partition coefficient (Wildman–Crippen LogP) is 3.46. The van der Waals surface area contributed by atoms with Crippen molar-refractivity contribution >= 4 is 22.9 Å². The van der Waals surface area contributed by atoms with Crippen molar-refractivity contribution < 1.29 is 4.79 Å². The molecule has 22 heavy (non-hydrogen) atoms. The molecule has 3 aromatic rings. The number of fused-ring (bicyclic) bond motifs is 3. The lowest BCUT2D eigenvalue weighted by Gasteiger charge is -2.06. The highest BCUT2D eigenvalue weighted by molar-refractivity contribution is 6.07. The molecule has 3 heteroatoms. The molecule has 0 aliphatic carbocycles. The summed E-state index contributed by atoms with van der Waals surface area (Å²) in [5, 5.41) is 5.28. The van der Waals surface area contributed by atoms with Gasteiger partial charge in [-0.15, -0.1) is 0 Å². The molecule has 2 aromatic carbocycles. The molecule has 0 fully saturated rings. The minimum atomic E-state index is 0.100. The molecular formula is C19H12N2O. The summed E-state index contributed by atoms with van der Waals surface area (Å²) in [5.41, 5.74) is 3.49. The summed E-state index contributed by atoms with van der Waals surface area (Å²) >= 11 is 0. The zero-order valence-corrected chi connectivity index (χ0v) is 11.8. The van der Waals surface area contributed by atoms with Crippen LogP contribution in [-0.4, -0.2) is 16.7 Å². The predicted molar refractivity (Wildman–Crippen MR) is 87.2 cm³/mol. The Morgan fingerprint density at radius 1 is 0.955 bits per heavy atom. The van der Waals surface area contributed by atoms with Gasteiger partial charge in [0.2, 0.25) is 0 Å². The first-order chi connectivity index (χ1) is 10.8. The first kappa shape index (κ1) is 12.6. The first-order valence-electron chi connectivity index (χ1n) is 7.10. The number of aromatic nitrogens is 1. The van der Waals surface area contributed by atoms with Crippen molar-refractivity contribution in [2.45, 2.75) is 6.42 Å². The molecule has 0 bridgehead atoms. The largest absolute Gasteiger partial charge is 0.292 e. The summed E-state index contributed by atoms with van der Waals surface area (Å²) in [6.45, 7) is 0. The molecule has 0 saturated heterocycles. The molecule has 0 amide bonds. The van der Waals surface area contributed by atoms with E-state index in [4.69, 9.17) is 0 Å². The maximum atomic E-state index is 11.9. The van der Waals surface area contributed by atoms with E-state index >= 15 is 0 Å². The molecule has 1 aliphatic rings. The van der Waals surface area contributed by atoms with Crippen LogP contribution in [0.4, 0.5) is 0 Å². The average molecular weight is 284 g/mol. The van der Waals surface area contributed by atoms with Gasteiger partial charge in [0, 0.05) is 29.1 Å². The zero-order valence-electron chi connectivity index (χ0n) is 11.8. The van der Waals surface area contributed by atoms with Gasteiger partial charge in [-0.1, -0.05) is 30.0 Å². The molecule has 4 rings (SSSR count). The lowest BCUT2D eigenvalue weighted by atomic mass is 10.1. The van der Waals surface area contributed by atoms with E-state index in [2.05, 4.69) is 16.9 Å². The van der Waals surface area contributed by atoms with Crippen molar-refractivity contribution in [1.82, 2.24) is 4.68 Å². The number of carbonyl (C=O) groups excluding carboxylic acids is 1. The number of carbonyl (C=O) groups is 1. The molecule has 104 valence electrons. The van der Waals surface area contributed by atoms with Crippen LogP contribution in [0.15, 0.2) is 59.7 Å². The fourth-order valence-corrected chi connectivity index (χ4v) is 2.58. The van der Waals surface area contributed by atoms with Crippen LogP contribution >= 0.6 is 0 Å². The third-order valence-electron chi connectivity index (χ3n) is 3.66. The van der Waals surface area contributed by atoms with Crippen LogP contribution in [0.1, 0.15) is 28.0 Å². The Morgan fingerprint density at radius 3 is 2.64 bits per heavy atom. The van der Waals surface area contributed by atoms with Gasteiger partial charge < -0.3 is 0 Å². The molecule has 0 N–H and O–H groups in total. The molecule has 0 saturated carbocycles. The van der Waals surface area contributed by atoms with Gasteiger partial charge in [-0.05, 0) is 36.4 Å². The van der Waals surface area contributed by atoms with Gasteiger partial charge in [-0.2, -0.15) is 5.10 Å². The molecule has 3 nitrogen and oxygen atoms in total. The number of nitrogens with zero attached hydrogens (tertiary/aromatic N) is 2. The first-order valence-corrected chi connectivity index (χ1v) is 7.10. The minimum absolute atomic E-state index is 0.100. The second-order valence-electron chi connectivity index (χ2n) is 5.16. The maximum Gasteiger partial charge on any atom is 0.186 e. The Morgan fingerprint density at radius 2 is 1.77 bits per heavy atom. The second-order valence-corrected chi connectivity index (χ2v) is 5.16. The van der Waals surface area contributed by atoms with E-state index < -0.39 is 0 Å². The van der Waals surface area contributed by atoms with Crippen LogP contribution in [0.3, 0.4) is 0 Å². The van der Waals surface area contributed by atoms with Crippen LogP contribution in [0, 0.1) is 11.8 Å². The van der Waals surface area contributed by atoms with E-state index in [-0.39, 0.29) is 5.78 Å².